The van der Waals surface area contributed by atoms with Gasteiger partial charge in [-0.15, -0.1) is 11.8 Å². The summed E-state index contributed by atoms with van der Waals surface area (Å²) in [7, 11) is 0. The number of nitrogens with zero attached hydrogens (tertiary/aromatic N) is 5. The lowest BCUT2D eigenvalue weighted by Gasteiger charge is -2.35. The molecule has 1 atom stereocenters. The number of phenols is 1. The number of fused-ring (bicyclic) bond motifs is 1. The van der Waals surface area contributed by atoms with Gasteiger partial charge in [0.05, 0.1) is 30.3 Å². The van der Waals surface area contributed by atoms with Crippen LogP contribution in [0.1, 0.15) is 5.69 Å². The molecule has 5 rings (SSSR count). The van der Waals surface area contributed by atoms with Crippen molar-refractivity contribution >= 4 is 29.4 Å². The maximum atomic E-state index is 12.4. The van der Waals surface area contributed by atoms with Gasteiger partial charge in [-0.1, -0.05) is 18.7 Å². The van der Waals surface area contributed by atoms with Crippen LogP contribution in [0, 0.1) is 0 Å². The predicted molar refractivity (Wildman–Crippen MR) is 142 cm³/mol. The van der Waals surface area contributed by atoms with E-state index < -0.39 is 0 Å². The molecule has 1 aromatic carbocycles. The fraction of sp³-hybridized carbons (Fsp3) is 0.462. The van der Waals surface area contributed by atoms with E-state index in [0.29, 0.717) is 37.4 Å². The van der Waals surface area contributed by atoms with Crippen molar-refractivity contribution in [2.24, 2.45) is 0 Å². The van der Waals surface area contributed by atoms with Crippen LogP contribution in [-0.4, -0.2) is 108 Å². The van der Waals surface area contributed by atoms with Crippen molar-refractivity contribution in [1.82, 2.24) is 25.1 Å². The molecule has 1 aromatic heterocycles. The molecule has 0 spiro atoms. The minimum atomic E-state index is -0.336. The number of piperazine rings is 1. The standard InChI is InChI=1S/C26H32N6O4S/c1-2-22(34)27-16-23(35)31-8-6-30(7-9-31)17-20-15-21-24(37-20)26(32-10-12-36-13-11-32)29-25(28-21)18-4-3-5-19(33)14-18/h2-5,14,20,33H,1,6-13,15-17H2,(H,27,34). The van der Waals surface area contributed by atoms with Crippen LogP contribution in [0.25, 0.3) is 11.4 Å². The van der Waals surface area contributed by atoms with E-state index in [2.05, 4.69) is 21.7 Å². The summed E-state index contributed by atoms with van der Waals surface area (Å²) in [6.45, 7) is 10.1. The van der Waals surface area contributed by atoms with Crippen LogP contribution < -0.4 is 10.2 Å². The highest BCUT2D eigenvalue weighted by atomic mass is 32.2. The number of amides is 2. The van der Waals surface area contributed by atoms with Gasteiger partial charge >= 0.3 is 0 Å². The number of aromatic nitrogens is 2. The quantitative estimate of drug-likeness (QED) is 0.515. The summed E-state index contributed by atoms with van der Waals surface area (Å²) in [5.41, 5.74) is 1.85. The predicted octanol–water partition coefficient (Wildman–Crippen LogP) is 1.15. The number of benzene rings is 1. The van der Waals surface area contributed by atoms with Crippen molar-refractivity contribution in [3.63, 3.8) is 0 Å². The molecule has 0 bridgehead atoms. The number of aromatic hydroxyl groups is 1. The van der Waals surface area contributed by atoms with Crippen LogP contribution in [0.3, 0.4) is 0 Å². The van der Waals surface area contributed by atoms with E-state index in [1.54, 1.807) is 17.0 Å². The molecule has 3 aliphatic heterocycles. The Kier molecular flexibility index (Phi) is 7.92. The smallest absolute Gasteiger partial charge is 0.243 e. The molecule has 11 heteroatoms. The molecule has 1 unspecified atom stereocenters. The summed E-state index contributed by atoms with van der Waals surface area (Å²) < 4.78 is 5.57. The average Bonchev–Trinajstić information content (AvgIpc) is 3.34. The van der Waals surface area contributed by atoms with E-state index in [1.165, 1.54) is 6.08 Å². The number of hydrogen-bond acceptors (Lipinski definition) is 9. The van der Waals surface area contributed by atoms with Crippen molar-refractivity contribution in [2.75, 3.05) is 70.5 Å². The van der Waals surface area contributed by atoms with E-state index >= 15 is 0 Å². The maximum absolute atomic E-state index is 12.4. The van der Waals surface area contributed by atoms with Gasteiger partial charge in [-0.2, -0.15) is 0 Å². The number of morpholine rings is 1. The number of ether oxygens (including phenoxy) is 1. The van der Waals surface area contributed by atoms with Crippen molar-refractivity contribution in [3.05, 3.63) is 42.6 Å². The Hall–Kier alpha value is -3.15. The first-order valence-corrected chi connectivity index (χ1v) is 13.5. The molecule has 2 N–H and O–H groups in total. The Morgan fingerprint density at radius 3 is 2.68 bits per heavy atom. The molecule has 10 nitrogen and oxygen atoms in total. The number of phenolic OH excluding ortho intramolecular Hbond substituents is 1. The van der Waals surface area contributed by atoms with Crippen molar-refractivity contribution in [1.29, 1.82) is 0 Å². The zero-order valence-electron chi connectivity index (χ0n) is 20.8. The molecule has 3 aliphatic rings. The number of anilines is 1. The van der Waals surface area contributed by atoms with Crippen LogP contribution >= 0.6 is 11.8 Å². The minimum Gasteiger partial charge on any atom is -0.508 e. The third kappa shape index (κ3) is 6.06. The fourth-order valence-corrected chi connectivity index (χ4v) is 6.25. The van der Waals surface area contributed by atoms with E-state index in [-0.39, 0.29) is 24.1 Å². The van der Waals surface area contributed by atoms with Gasteiger partial charge < -0.3 is 25.0 Å². The molecular weight excluding hydrogens is 492 g/mol. The van der Waals surface area contributed by atoms with Crippen molar-refractivity contribution in [3.8, 4) is 17.1 Å². The molecule has 37 heavy (non-hydrogen) atoms. The van der Waals surface area contributed by atoms with Crippen LogP contribution in [0.5, 0.6) is 5.75 Å². The first kappa shape index (κ1) is 25.5. The lowest BCUT2D eigenvalue weighted by atomic mass is 10.1. The fourth-order valence-electron chi connectivity index (χ4n) is 4.85. The van der Waals surface area contributed by atoms with Gasteiger partial charge in [0, 0.05) is 63.0 Å². The highest BCUT2D eigenvalue weighted by Crippen LogP contribution is 2.43. The van der Waals surface area contributed by atoms with Gasteiger partial charge in [0.15, 0.2) is 5.82 Å². The van der Waals surface area contributed by atoms with Crippen LogP contribution in [0.15, 0.2) is 41.8 Å². The molecule has 0 aliphatic carbocycles. The maximum Gasteiger partial charge on any atom is 0.243 e. The second-order valence-electron chi connectivity index (χ2n) is 9.34. The molecule has 2 fully saturated rings. The SMILES string of the molecule is C=CC(=O)NCC(=O)N1CCN(CC2Cc3nc(-c4cccc(O)c4)nc(N4CCOCC4)c3S2)CC1. The third-order valence-electron chi connectivity index (χ3n) is 6.82. The highest BCUT2D eigenvalue weighted by molar-refractivity contribution is 8.00. The Bertz CT molecular complexity index is 1160. The summed E-state index contributed by atoms with van der Waals surface area (Å²) in [5, 5.41) is 12.9. The van der Waals surface area contributed by atoms with E-state index in [9.17, 15) is 14.7 Å². The Labute approximate surface area is 220 Å². The monoisotopic (exact) mass is 524 g/mol. The number of nitrogens with one attached hydrogen (secondary N) is 1. The summed E-state index contributed by atoms with van der Waals surface area (Å²) in [6, 6.07) is 7.09. The lowest BCUT2D eigenvalue weighted by molar-refractivity contribution is -0.133. The van der Waals surface area contributed by atoms with Crippen LogP contribution in [0.2, 0.25) is 0 Å². The molecule has 2 amide bonds. The Morgan fingerprint density at radius 1 is 1.16 bits per heavy atom. The topological polar surface area (TPSA) is 111 Å². The van der Waals surface area contributed by atoms with Gasteiger partial charge in [0.1, 0.15) is 11.6 Å². The van der Waals surface area contributed by atoms with Crippen LogP contribution in [0.4, 0.5) is 5.82 Å². The molecule has 2 saturated heterocycles. The average molecular weight is 525 g/mol. The summed E-state index contributed by atoms with van der Waals surface area (Å²) in [4.78, 5) is 41.2. The first-order chi connectivity index (χ1) is 18.0. The minimum absolute atomic E-state index is 0.00312. The second-order valence-corrected chi connectivity index (χ2v) is 10.7. The number of rotatable bonds is 7. The summed E-state index contributed by atoms with van der Waals surface area (Å²) >= 11 is 1.84. The highest BCUT2D eigenvalue weighted by Gasteiger charge is 2.33. The van der Waals surface area contributed by atoms with E-state index in [4.69, 9.17) is 14.7 Å². The Morgan fingerprint density at radius 2 is 1.95 bits per heavy atom. The van der Waals surface area contributed by atoms with Gasteiger partial charge in [-0.25, -0.2) is 9.97 Å². The van der Waals surface area contributed by atoms with E-state index in [0.717, 1.165) is 61.1 Å². The largest absolute Gasteiger partial charge is 0.508 e. The second kappa shape index (κ2) is 11.5. The number of hydrogen-bond donors (Lipinski definition) is 2. The first-order valence-electron chi connectivity index (χ1n) is 12.6. The molecule has 0 radical (unpaired) electrons. The number of carbonyl (C=O) groups is 2. The van der Waals surface area contributed by atoms with Crippen LogP contribution in [-0.2, 0) is 20.7 Å². The van der Waals surface area contributed by atoms with Gasteiger partial charge in [-0.3, -0.25) is 14.5 Å². The molecule has 2 aromatic rings. The molecular formula is C26H32N6O4S. The Balaban J connectivity index is 1.25. The zero-order valence-corrected chi connectivity index (χ0v) is 21.6. The number of carbonyl (C=O) groups excluding carboxylic acids is 2. The summed E-state index contributed by atoms with van der Waals surface area (Å²) in [5.74, 6) is 1.38. The van der Waals surface area contributed by atoms with Crippen molar-refractivity contribution < 1.29 is 19.4 Å². The normalized spacial score (nSPS) is 19.9. The summed E-state index contributed by atoms with van der Waals surface area (Å²) in [6.07, 6.45) is 2.02. The molecule has 0 saturated carbocycles. The number of thioether (sulfide) groups is 1. The third-order valence-corrected chi connectivity index (χ3v) is 8.13. The van der Waals surface area contributed by atoms with E-state index in [1.807, 2.05) is 23.9 Å². The van der Waals surface area contributed by atoms with Gasteiger partial charge in [-0.05, 0) is 18.2 Å². The lowest BCUT2D eigenvalue weighted by Crippen LogP contribution is -2.52. The van der Waals surface area contributed by atoms with Crippen molar-refractivity contribution in [2.45, 2.75) is 16.6 Å². The molecule has 4 heterocycles. The molecule has 196 valence electrons. The van der Waals surface area contributed by atoms with Gasteiger partial charge in [0.2, 0.25) is 11.8 Å². The van der Waals surface area contributed by atoms with Gasteiger partial charge in [0.25, 0.3) is 0 Å². The zero-order chi connectivity index (χ0) is 25.8.